The molecule has 22 heteroatoms. The minimum absolute atomic E-state index is 0.0276. The Morgan fingerprint density at radius 2 is 1.20 bits per heavy atom. The van der Waals surface area contributed by atoms with Gasteiger partial charge in [0.15, 0.2) is 25.2 Å². The minimum atomic E-state index is -1.83. The van der Waals surface area contributed by atoms with Crippen LogP contribution in [0.1, 0.15) is 113 Å². The molecular formula is C53H88O22. The zero-order chi connectivity index (χ0) is 54.9. The molecule has 0 unspecified atom stereocenters. The normalized spacial score (nSPS) is 51.7. The number of hydrogen-bond acceptors (Lipinski definition) is 22. The van der Waals surface area contributed by atoms with Crippen LogP contribution in [0.3, 0.4) is 0 Å². The maximum atomic E-state index is 14.1. The number of allylic oxidation sites excluding steroid dienone is 2. The number of carbonyl (C=O) groups is 1. The first-order valence-corrected chi connectivity index (χ1v) is 27.2. The maximum Gasteiger partial charge on any atom is 0.187 e. The topological polar surface area (TPSA) is 354 Å². The molecule has 0 radical (unpaired) electrons. The lowest BCUT2D eigenvalue weighted by atomic mass is 9.35. The second kappa shape index (κ2) is 22.8. The first kappa shape index (κ1) is 59.7. The van der Waals surface area contributed by atoms with Crippen LogP contribution < -0.4 is 0 Å². The molecule has 22 nitrogen and oxygen atoms in total. The molecule has 0 amide bonds. The van der Waals surface area contributed by atoms with Crippen LogP contribution in [-0.2, 0) is 42.7 Å². The standard InChI is InChI=1S/C53H88O22/c1-24(2)9-8-15-52(7,75-47-43(67)39(63)37(61)30(72-47)22-69-45-41(65)34(58)27(57)21-68-45)26-12-16-50(5)25(26)10-11-32-51(50,6)17-13-31-49(3,4)33(14-18-53(31,32)23-56)73-48-44(40(64)36(60)29(20-55)71-48)74-46-42(66)38(62)35(59)28(19-54)70-46/h9,23,25-48,54-55,57-67H,8,10-22H2,1-7H3/t25-,26-,27+,28-,29-,30-,31-,32+,33+,34+,35-,36+,37-,38+,39-,40+,41+,42+,43-,44+,45+,46-,47-,48-,50+,51+,52+,53-/m1/s1. The third-order valence-electron chi connectivity index (χ3n) is 20.3. The zero-order valence-corrected chi connectivity index (χ0v) is 44.4. The molecule has 0 aromatic carbocycles. The monoisotopic (exact) mass is 1080 g/mol. The van der Waals surface area contributed by atoms with E-state index in [1.54, 1.807) is 0 Å². The molecule has 4 aliphatic heterocycles. The molecule has 8 fully saturated rings. The summed E-state index contributed by atoms with van der Waals surface area (Å²) in [5, 5.41) is 138. The summed E-state index contributed by atoms with van der Waals surface area (Å²) in [5.74, 6) is -0.161. The van der Waals surface area contributed by atoms with Crippen molar-refractivity contribution >= 4 is 6.29 Å². The minimum Gasteiger partial charge on any atom is -0.394 e. The van der Waals surface area contributed by atoms with E-state index in [2.05, 4.69) is 33.8 Å². The van der Waals surface area contributed by atoms with E-state index < -0.39 is 159 Å². The SMILES string of the molecule is CC(C)=CCC[C@](C)(O[C@H]1O[C@H](CO[C@@H]2OC[C@H](O)[C@H](O)[C@@H]2O)[C@@H](O)[C@@H](O)[C@H]1O)[C@@H]1CC[C@@]2(C)[C@@H]1CC[C@@H]1[C@@]3(C=O)CC[C@H](O[C@H]4O[C@H](CO)[C@H](O)[C@H](O)[C@@H]4O[C@H]4O[C@H](CO)[C@@H](O)[C@H](O)[C@@H]4O)C(C)(C)[C@H]3CC[C@@]12C. The Balaban J connectivity index is 1.01. The Bertz CT molecular complexity index is 1960. The number of aldehydes is 1. The van der Waals surface area contributed by atoms with E-state index in [-0.39, 0.29) is 41.1 Å². The molecule has 0 aromatic heterocycles. The second-order valence-electron chi connectivity index (χ2n) is 24.9. The van der Waals surface area contributed by atoms with Crippen LogP contribution in [0.4, 0.5) is 0 Å². The summed E-state index contributed by atoms with van der Waals surface area (Å²) in [6, 6.07) is 0. The maximum absolute atomic E-state index is 14.1. The molecule has 432 valence electrons. The highest BCUT2D eigenvalue weighted by atomic mass is 16.8. The molecular weight excluding hydrogens is 989 g/mol. The molecule has 4 heterocycles. The highest BCUT2D eigenvalue weighted by molar-refractivity contribution is 5.62. The summed E-state index contributed by atoms with van der Waals surface area (Å²) < 4.78 is 48.7. The summed E-state index contributed by atoms with van der Waals surface area (Å²) in [4.78, 5) is 14.1. The third kappa shape index (κ3) is 10.5. The number of rotatable bonds is 16. The van der Waals surface area contributed by atoms with Crippen LogP contribution >= 0.6 is 0 Å². The second-order valence-corrected chi connectivity index (χ2v) is 24.9. The number of aliphatic hydroxyl groups is 13. The molecule has 28 atom stereocenters. The average molecular weight is 1080 g/mol. The smallest absolute Gasteiger partial charge is 0.187 e. The predicted molar refractivity (Wildman–Crippen MR) is 259 cm³/mol. The highest BCUT2D eigenvalue weighted by Crippen LogP contribution is 2.76. The van der Waals surface area contributed by atoms with Gasteiger partial charge in [-0.2, -0.15) is 0 Å². The van der Waals surface area contributed by atoms with Crippen molar-refractivity contribution in [2.45, 2.75) is 241 Å². The van der Waals surface area contributed by atoms with Crippen LogP contribution in [0.25, 0.3) is 0 Å². The quantitative estimate of drug-likeness (QED) is 0.0483. The lowest BCUT2D eigenvalue weighted by molar-refractivity contribution is -0.378. The zero-order valence-electron chi connectivity index (χ0n) is 44.4. The van der Waals surface area contributed by atoms with E-state index in [1.165, 1.54) is 6.29 Å². The van der Waals surface area contributed by atoms with Crippen molar-refractivity contribution in [2.24, 2.45) is 45.3 Å². The van der Waals surface area contributed by atoms with Crippen LogP contribution in [0.5, 0.6) is 0 Å². The molecule has 0 spiro atoms. The molecule has 0 aromatic rings. The van der Waals surface area contributed by atoms with E-state index in [4.69, 9.17) is 37.9 Å². The molecule has 0 bridgehead atoms. The molecule has 8 aliphatic rings. The molecule has 13 N–H and O–H groups in total. The largest absolute Gasteiger partial charge is 0.394 e. The van der Waals surface area contributed by atoms with Crippen molar-refractivity contribution < 1.29 is 109 Å². The van der Waals surface area contributed by atoms with E-state index >= 15 is 0 Å². The van der Waals surface area contributed by atoms with Crippen molar-refractivity contribution in [1.82, 2.24) is 0 Å². The van der Waals surface area contributed by atoms with Crippen LogP contribution in [0, 0.1) is 45.3 Å². The van der Waals surface area contributed by atoms with Gasteiger partial charge in [0.2, 0.25) is 0 Å². The molecule has 4 saturated heterocycles. The van der Waals surface area contributed by atoms with Crippen LogP contribution in [0.2, 0.25) is 0 Å². The Hall–Kier alpha value is -1.43. The fraction of sp³-hybridized carbons (Fsp3) is 0.943. The molecule has 4 aliphatic carbocycles. The van der Waals surface area contributed by atoms with E-state index in [0.717, 1.165) is 37.7 Å². The average Bonchev–Trinajstić information content (AvgIpc) is 3.74. The van der Waals surface area contributed by atoms with Crippen molar-refractivity contribution in [1.29, 1.82) is 0 Å². The van der Waals surface area contributed by atoms with E-state index in [1.807, 2.05) is 20.8 Å². The fourth-order valence-corrected chi connectivity index (χ4v) is 15.8. The summed E-state index contributed by atoms with van der Waals surface area (Å²) in [7, 11) is 0. The number of carbonyl (C=O) groups excluding carboxylic acids is 1. The fourth-order valence-electron chi connectivity index (χ4n) is 15.8. The van der Waals surface area contributed by atoms with Gasteiger partial charge in [0.1, 0.15) is 97.8 Å². The Morgan fingerprint density at radius 3 is 1.84 bits per heavy atom. The van der Waals surface area contributed by atoms with Crippen molar-refractivity contribution in [3.63, 3.8) is 0 Å². The third-order valence-corrected chi connectivity index (χ3v) is 20.3. The van der Waals surface area contributed by atoms with Gasteiger partial charge in [-0.15, -0.1) is 0 Å². The van der Waals surface area contributed by atoms with Crippen LogP contribution in [-0.4, -0.2) is 228 Å². The van der Waals surface area contributed by atoms with Crippen LogP contribution in [0.15, 0.2) is 11.6 Å². The Morgan fingerprint density at radius 1 is 0.613 bits per heavy atom. The lowest BCUT2D eigenvalue weighted by Crippen LogP contribution is -2.67. The number of ether oxygens (including phenoxy) is 8. The van der Waals surface area contributed by atoms with Gasteiger partial charge in [0.05, 0.1) is 38.1 Å². The summed E-state index contributed by atoms with van der Waals surface area (Å²) >= 11 is 0. The van der Waals surface area contributed by atoms with Gasteiger partial charge in [-0.1, -0.05) is 39.3 Å². The predicted octanol–water partition coefficient (Wildman–Crippen LogP) is -1.36. The number of aliphatic hydroxyl groups excluding tert-OH is 13. The van der Waals surface area contributed by atoms with Gasteiger partial charge in [0.25, 0.3) is 0 Å². The Kier molecular flexibility index (Phi) is 18.2. The summed E-state index contributed by atoms with van der Waals surface area (Å²) in [6.07, 6.45) is -20.1. The van der Waals surface area contributed by atoms with Crippen molar-refractivity contribution in [3.05, 3.63) is 11.6 Å². The number of fused-ring (bicyclic) bond motifs is 5. The van der Waals surface area contributed by atoms with Gasteiger partial charge in [0, 0.05) is 5.41 Å². The first-order valence-electron chi connectivity index (χ1n) is 27.2. The van der Waals surface area contributed by atoms with E-state index in [9.17, 15) is 71.2 Å². The van der Waals surface area contributed by atoms with Crippen molar-refractivity contribution in [2.75, 3.05) is 26.4 Å². The van der Waals surface area contributed by atoms with Gasteiger partial charge in [-0.05, 0) is 125 Å². The van der Waals surface area contributed by atoms with Gasteiger partial charge in [-0.25, -0.2) is 0 Å². The van der Waals surface area contributed by atoms with Crippen molar-refractivity contribution in [3.8, 4) is 0 Å². The highest BCUT2D eigenvalue weighted by Gasteiger charge is 2.71. The molecule has 4 saturated carbocycles. The van der Waals surface area contributed by atoms with Gasteiger partial charge < -0.3 is 109 Å². The van der Waals surface area contributed by atoms with Gasteiger partial charge >= 0.3 is 0 Å². The number of hydrogen-bond donors (Lipinski definition) is 13. The molecule has 75 heavy (non-hydrogen) atoms. The summed E-state index contributed by atoms with van der Waals surface area (Å²) in [5.41, 5.74) is -1.88. The van der Waals surface area contributed by atoms with Gasteiger partial charge in [-0.3, -0.25) is 0 Å². The first-order chi connectivity index (χ1) is 35.2. The lowest BCUT2D eigenvalue weighted by Gasteiger charge is -2.69. The summed E-state index contributed by atoms with van der Waals surface area (Å²) in [6.45, 7) is 12.7. The molecule has 8 rings (SSSR count). The Labute approximate surface area is 438 Å². The van der Waals surface area contributed by atoms with E-state index in [0.29, 0.717) is 32.1 Å².